The minimum atomic E-state index is -0.787. The van der Waals surface area contributed by atoms with Crippen molar-refractivity contribution in [2.75, 3.05) is 95.5 Å². The van der Waals surface area contributed by atoms with Crippen LogP contribution in [-0.4, -0.2) is 162 Å². The van der Waals surface area contributed by atoms with Crippen LogP contribution in [0, 0.1) is 0 Å². The van der Waals surface area contributed by atoms with E-state index in [0.717, 1.165) is 56.7 Å². The van der Waals surface area contributed by atoms with Crippen LogP contribution in [0.25, 0.3) is 22.3 Å². The first-order valence-electron chi connectivity index (χ1n) is 29.7. The molecule has 1 fully saturated rings. The molecule has 1 aliphatic heterocycles. The highest BCUT2D eigenvalue weighted by atomic mass is 35.5. The summed E-state index contributed by atoms with van der Waals surface area (Å²) in [5.41, 5.74) is 8.81. The van der Waals surface area contributed by atoms with E-state index in [1.807, 2.05) is 77.7 Å². The Balaban J connectivity index is 0.824. The number of nitrogens with one attached hydrogen (secondary N) is 3. The summed E-state index contributed by atoms with van der Waals surface area (Å²) < 4.78 is 17.5. The standard InChI is InChI=1S/C66H79ClN10O9/c1-8-44-14-13-15-46(35-44)47-36-55(73-64(82)86-66(5,6)7)59(70-37-47)62(80)69-25-32-84-33-31-77(65(83)85-40-54-51-18-11-9-16-49(51)50-17-10-12-19-52(50)54)39-57(79)68-24-26-76(42(2)3)38-53(45-20-22-48(67)23-21-45)63(81)75-29-27-74(28-30-75)61-58-43(4)34-56(78)60(58)71-41-72-61/h9-23,35-37,41-43,53-54,56,78H,8,24-34,38-40H2,1-7H3,(H,68,79)(H,69,80)(H,73,82)/t43-,53-,56-/m1/s1. The van der Waals surface area contributed by atoms with Gasteiger partial charge in [-0.15, -0.1) is 0 Å². The third-order valence-corrected chi connectivity index (χ3v) is 16.2. The van der Waals surface area contributed by atoms with Gasteiger partial charge in [-0.1, -0.05) is 110 Å². The fourth-order valence-corrected chi connectivity index (χ4v) is 11.6. The number of benzene rings is 4. The van der Waals surface area contributed by atoms with Crippen molar-refractivity contribution in [2.24, 2.45) is 0 Å². The predicted octanol–water partition coefficient (Wildman–Crippen LogP) is 9.60. The normalized spacial score (nSPS) is 15.8. The number of aliphatic hydroxyl groups is 1. The molecule has 0 radical (unpaired) electrons. The largest absolute Gasteiger partial charge is 0.448 e. The zero-order valence-corrected chi connectivity index (χ0v) is 50.9. The van der Waals surface area contributed by atoms with E-state index in [1.54, 1.807) is 45.2 Å². The van der Waals surface area contributed by atoms with Crippen molar-refractivity contribution >= 4 is 53.0 Å². The van der Waals surface area contributed by atoms with Crippen molar-refractivity contribution in [2.45, 2.75) is 96.8 Å². The summed E-state index contributed by atoms with van der Waals surface area (Å²) in [6.45, 7) is 16.4. The number of piperazine rings is 1. The molecule has 0 saturated carbocycles. The third-order valence-electron chi connectivity index (χ3n) is 16.0. The van der Waals surface area contributed by atoms with E-state index in [1.165, 1.54) is 11.2 Å². The second-order valence-corrected chi connectivity index (χ2v) is 23.8. The van der Waals surface area contributed by atoms with Gasteiger partial charge in [0.2, 0.25) is 11.8 Å². The van der Waals surface area contributed by atoms with Crippen LogP contribution in [0.1, 0.15) is 123 Å². The van der Waals surface area contributed by atoms with Gasteiger partial charge >= 0.3 is 12.2 Å². The van der Waals surface area contributed by atoms with Crippen LogP contribution in [0.2, 0.25) is 5.02 Å². The molecule has 3 atom stereocenters. The Kier molecular flexibility index (Phi) is 20.7. The molecule has 0 bridgehead atoms. The Morgan fingerprint density at radius 3 is 2.21 bits per heavy atom. The first-order valence-corrected chi connectivity index (χ1v) is 30.1. The molecule has 0 unspecified atom stereocenters. The van der Waals surface area contributed by atoms with Gasteiger partial charge in [-0.05, 0) is 111 Å². The van der Waals surface area contributed by atoms with E-state index in [9.17, 15) is 29.1 Å². The smallest absolute Gasteiger partial charge is 0.412 e. The number of halogens is 1. The number of aryl methyl sites for hydroxylation is 1. The Labute approximate surface area is 508 Å². The number of carbonyl (C=O) groups excluding carboxylic acids is 5. The molecule has 20 heteroatoms. The van der Waals surface area contributed by atoms with Crippen molar-refractivity contribution in [1.82, 2.24) is 40.3 Å². The van der Waals surface area contributed by atoms with Gasteiger partial charge < -0.3 is 39.8 Å². The summed E-state index contributed by atoms with van der Waals surface area (Å²) in [7, 11) is 0. The highest BCUT2D eigenvalue weighted by Gasteiger charge is 2.36. The van der Waals surface area contributed by atoms with Gasteiger partial charge in [0.05, 0.1) is 36.6 Å². The lowest BCUT2D eigenvalue weighted by Gasteiger charge is -2.39. The molecule has 0 spiro atoms. The SMILES string of the molecule is CCc1cccc(-c2cnc(C(=O)NCCOCCN(CC(=O)NCCN(C[C@@H](C(=O)N3CCN(c4ncnc5c4[C@H](C)C[C@H]5O)CC3)c3ccc(Cl)cc3)C(C)C)C(=O)OCC3c4ccccc4-c4ccccc43)c(NC(=O)OC(C)(C)C)c2)c1. The lowest BCUT2D eigenvalue weighted by molar-refractivity contribution is -0.133. The van der Waals surface area contributed by atoms with Crippen molar-refractivity contribution < 1.29 is 43.3 Å². The van der Waals surface area contributed by atoms with Crippen LogP contribution in [0.4, 0.5) is 21.1 Å². The molecule has 9 rings (SSSR count). The molecule has 2 aliphatic carbocycles. The van der Waals surface area contributed by atoms with E-state index in [-0.39, 0.29) is 81.2 Å². The summed E-state index contributed by atoms with van der Waals surface area (Å²) in [5.74, 6) is -0.788. The number of aliphatic hydroxyl groups excluding tert-OH is 1. The number of ether oxygens (including phenoxy) is 3. The van der Waals surface area contributed by atoms with Gasteiger partial charge in [-0.2, -0.15) is 0 Å². The Hall–Kier alpha value is -7.97. The number of aromatic nitrogens is 3. The number of pyridine rings is 1. The zero-order chi connectivity index (χ0) is 61.1. The highest BCUT2D eigenvalue weighted by molar-refractivity contribution is 6.30. The molecule has 454 valence electrons. The van der Waals surface area contributed by atoms with Crippen LogP contribution >= 0.6 is 11.6 Å². The van der Waals surface area contributed by atoms with Gasteiger partial charge in [-0.3, -0.25) is 29.5 Å². The molecule has 2 aromatic heterocycles. The fraction of sp³-hybridized carbons (Fsp3) is 0.424. The van der Waals surface area contributed by atoms with Crippen molar-refractivity contribution in [1.29, 1.82) is 0 Å². The molecule has 1 saturated heterocycles. The van der Waals surface area contributed by atoms with E-state index in [0.29, 0.717) is 62.0 Å². The van der Waals surface area contributed by atoms with Gasteiger partial charge in [0.25, 0.3) is 5.91 Å². The molecule has 19 nitrogen and oxygen atoms in total. The van der Waals surface area contributed by atoms with Gasteiger partial charge in [0.15, 0.2) is 5.69 Å². The molecule has 6 aromatic rings. The van der Waals surface area contributed by atoms with Crippen molar-refractivity contribution in [3.05, 3.63) is 160 Å². The number of carbonyl (C=O) groups is 5. The minimum absolute atomic E-state index is 0.00475. The van der Waals surface area contributed by atoms with E-state index in [2.05, 4.69) is 80.5 Å². The van der Waals surface area contributed by atoms with Crippen LogP contribution in [0.15, 0.2) is 116 Å². The molecule has 4 aromatic carbocycles. The minimum Gasteiger partial charge on any atom is -0.448 e. The molecule has 3 aliphatic rings. The zero-order valence-electron chi connectivity index (χ0n) is 50.2. The molecule has 86 heavy (non-hydrogen) atoms. The Morgan fingerprint density at radius 2 is 1.52 bits per heavy atom. The van der Waals surface area contributed by atoms with Crippen LogP contribution in [-0.2, 0) is 30.2 Å². The maximum Gasteiger partial charge on any atom is 0.412 e. The van der Waals surface area contributed by atoms with Crippen molar-refractivity contribution in [3.63, 3.8) is 0 Å². The van der Waals surface area contributed by atoms with Crippen molar-refractivity contribution in [3.8, 4) is 22.3 Å². The average molecular weight is 1190 g/mol. The average Bonchev–Trinajstić information content (AvgIpc) is 1.79. The second kappa shape index (κ2) is 28.5. The number of amides is 5. The number of nitrogens with zero attached hydrogens (tertiary/aromatic N) is 7. The summed E-state index contributed by atoms with van der Waals surface area (Å²) >= 11 is 6.36. The highest BCUT2D eigenvalue weighted by Crippen LogP contribution is 2.45. The number of fused-ring (bicyclic) bond motifs is 4. The number of hydrogen-bond donors (Lipinski definition) is 4. The fourth-order valence-electron chi connectivity index (χ4n) is 11.5. The molecular formula is C66H79ClN10O9. The summed E-state index contributed by atoms with van der Waals surface area (Å²) in [4.78, 5) is 90.5. The Morgan fingerprint density at radius 1 is 0.814 bits per heavy atom. The first kappa shape index (κ1) is 62.6. The Bertz CT molecular complexity index is 3320. The lowest BCUT2D eigenvalue weighted by atomic mass is 9.95. The second-order valence-electron chi connectivity index (χ2n) is 23.4. The maximum absolute atomic E-state index is 14.7. The number of hydrogen-bond acceptors (Lipinski definition) is 14. The predicted molar refractivity (Wildman–Crippen MR) is 331 cm³/mol. The summed E-state index contributed by atoms with van der Waals surface area (Å²) in [5, 5.41) is 19.7. The van der Waals surface area contributed by atoms with Gasteiger partial charge in [-0.25, -0.2) is 24.5 Å². The van der Waals surface area contributed by atoms with Crippen LogP contribution < -0.4 is 20.9 Å². The maximum atomic E-state index is 14.7. The first-order chi connectivity index (χ1) is 41.3. The quantitative estimate of drug-likeness (QED) is 0.0439. The molecule has 5 amide bonds. The summed E-state index contributed by atoms with van der Waals surface area (Å²) in [6, 6.07) is 33.1. The molecular weight excluding hydrogens is 1110 g/mol. The monoisotopic (exact) mass is 1190 g/mol. The van der Waals surface area contributed by atoms with Crippen LogP contribution in [0.3, 0.4) is 0 Å². The molecule has 3 heterocycles. The summed E-state index contributed by atoms with van der Waals surface area (Å²) in [6.07, 6.45) is 2.49. The molecule has 4 N–H and O–H groups in total. The third kappa shape index (κ3) is 15.5. The lowest BCUT2D eigenvalue weighted by Crippen LogP contribution is -2.52. The van der Waals surface area contributed by atoms with Crippen LogP contribution in [0.5, 0.6) is 0 Å². The van der Waals surface area contributed by atoms with E-state index >= 15 is 0 Å². The topological polar surface area (TPSA) is 221 Å². The number of anilines is 2. The van der Waals surface area contributed by atoms with Gasteiger partial charge in [0.1, 0.15) is 30.9 Å². The van der Waals surface area contributed by atoms with E-state index < -0.39 is 41.6 Å². The van der Waals surface area contributed by atoms with Gasteiger partial charge in [0, 0.05) is 93.2 Å². The number of rotatable bonds is 23. The van der Waals surface area contributed by atoms with E-state index in [4.69, 9.17) is 25.8 Å².